The van der Waals surface area contributed by atoms with Crippen molar-refractivity contribution in [3.63, 3.8) is 0 Å². The zero-order chi connectivity index (χ0) is 18.5. The summed E-state index contributed by atoms with van der Waals surface area (Å²) in [5.41, 5.74) is 2.82. The number of halogens is 3. The van der Waals surface area contributed by atoms with E-state index < -0.39 is 6.10 Å². The van der Waals surface area contributed by atoms with Gasteiger partial charge in [0.1, 0.15) is 0 Å². The first kappa shape index (κ1) is 19.2. The fraction of sp³-hybridized carbons (Fsp3) is 0.143. The van der Waals surface area contributed by atoms with Gasteiger partial charge < -0.3 is 10.4 Å². The fourth-order valence-electron chi connectivity index (χ4n) is 2.79. The van der Waals surface area contributed by atoms with E-state index in [1.165, 1.54) is 0 Å². The molecular weight excluding hydrogens is 433 g/mol. The topological polar surface area (TPSA) is 32.3 Å². The van der Waals surface area contributed by atoms with E-state index in [-0.39, 0.29) is 6.04 Å². The number of aliphatic hydroxyl groups excluding tert-OH is 1. The van der Waals surface area contributed by atoms with E-state index in [2.05, 4.69) is 21.2 Å². The maximum atomic E-state index is 10.7. The molecule has 2 unspecified atom stereocenters. The zero-order valence-electron chi connectivity index (χ0n) is 13.9. The van der Waals surface area contributed by atoms with Crippen LogP contribution in [0.3, 0.4) is 0 Å². The summed E-state index contributed by atoms with van der Waals surface area (Å²) in [4.78, 5) is 0. The summed E-state index contributed by atoms with van der Waals surface area (Å²) in [5.74, 6) is 0. The molecule has 0 aromatic heterocycles. The van der Waals surface area contributed by atoms with Crippen molar-refractivity contribution >= 4 is 44.8 Å². The number of rotatable bonds is 6. The molecule has 0 aliphatic carbocycles. The van der Waals surface area contributed by atoms with Crippen LogP contribution in [0.25, 0.3) is 0 Å². The largest absolute Gasteiger partial charge is 0.388 e. The third-order valence-corrected chi connectivity index (χ3v) is 5.44. The predicted octanol–water partition coefficient (Wildman–Crippen LogP) is 7.03. The summed E-state index contributed by atoms with van der Waals surface area (Å²) in [6.07, 6.45) is -0.100. The molecule has 3 rings (SSSR count). The molecule has 3 aromatic rings. The average molecular weight is 451 g/mol. The Morgan fingerprint density at radius 1 is 0.846 bits per heavy atom. The van der Waals surface area contributed by atoms with E-state index in [0.29, 0.717) is 16.5 Å². The van der Waals surface area contributed by atoms with Crippen molar-refractivity contribution in [1.82, 2.24) is 0 Å². The van der Waals surface area contributed by atoms with Crippen LogP contribution in [0.1, 0.15) is 29.7 Å². The Hall–Kier alpha value is -1.52. The first-order chi connectivity index (χ1) is 12.5. The molecule has 0 radical (unpaired) electrons. The molecule has 0 aliphatic heterocycles. The molecule has 0 bridgehead atoms. The van der Waals surface area contributed by atoms with E-state index in [1.54, 1.807) is 6.07 Å². The quantitative estimate of drug-likeness (QED) is 0.422. The Bertz CT molecular complexity index is 856. The summed E-state index contributed by atoms with van der Waals surface area (Å²) in [6, 6.07) is 23.0. The van der Waals surface area contributed by atoms with Crippen molar-refractivity contribution in [2.24, 2.45) is 0 Å². The van der Waals surface area contributed by atoms with E-state index in [4.69, 9.17) is 23.2 Å². The van der Waals surface area contributed by atoms with Gasteiger partial charge in [-0.1, -0.05) is 75.5 Å². The minimum absolute atomic E-state index is 0.124. The summed E-state index contributed by atoms with van der Waals surface area (Å²) < 4.78 is 1.01. The SMILES string of the molecule is OC(CC(Nc1ccc(Br)cc1)c1ccc(Cl)c(Cl)c1)c1ccccc1. The average Bonchev–Trinajstić information content (AvgIpc) is 2.66. The van der Waals surface area contributed by atoms with E-state index in [9.17, 15) is 5.11 Å². The van der Waals surface area contributed by atoms with Gasteiger partial charge in [0.25, 0.3) is 0 Å². The second kappa shape index (κ2) is 8.92. The Kier molecular flexibility index (Phi) is 6.60. The highest BCUT2D eigenvalue weighted by atomic mass is 79.9. The van der Waals surface area contributed by atoms with Gasteiger partial charge in [-0.2, -0.15) is 0 Å². The van der Waals surface area contributed by atoms with Gasteiger partial charge in [-0.05, 0) is 47.5 Å². The Labute approximate surface area is 171 Å². The third-order valence-electron chi connectivity index (χ3n) is 4.17. The van der Waals surface area contributed by atoms with Crippen LogP contribution < -0.4 is 5.32 Å². The summed E-state index contributed by atoms with van der Waals surface area (Å²) in [5, 5.41) is 15.2. The van der Waals surface area contributed by atoms with Crippen LogP contribution in [0, 0.1) is 0 Å². The van der Waals surface area contributed by atoms with Gasteiger partial charge in [0, 0.05) is 16.6 Å². The van der Waals surface area contributed by atoms with Crippen LogP contribution in [0.15, 0.2) is 77.3 Å². The summed E-state index contributed by atoms with van der Waals surface area (Å²) >= 11 is 15.7. The first-order valence-corrected chi connectivity index (χ1v) is 9.78. The molecule has 3 aromatic carbocycles. The molecular formula is C21H18BrCl2NO. The molecule has 2 atom stereocenters. The van der Waals surface area contributed by atoms with Gasteiger partial charge in [-0.25, -0.2) is 0 Å². The minimum atomic E-state index is -0.599. The highest BCUT2D eigenvalue weighted by Crippen LogP contribution is 2.33. The van der Waals surface area contributed by atoms with E-state index >= 15 is 0 Å². The second-order valence-electron chi connectivity index (χ2n) is 6.04. The molecule has 2 N–H and O–H groups in total. The van der Waals surface area contributed by atoms with Crippen LogP contribution in [0.2, 0.25) is 10.0 Å². The zero-order valence-corrected chi connectivity index (χ0v) is 17.0. The molecule has 134 valence electrons. The first-order valence-electron chi connectivity index (χ1n) is 8.23. The molecule has 0 saturated carbocycles. The molecule has 26 heavy (non-hydrogen) atoms. The number of nitrogens with one attached hydrogen (secondary N) is 1. The molecule has 0 amide bonds. The molecule has 0 heterocycles. The Morgan fingerprint density at radius 2 is 1.54 bits per heavy atom. The molecule has 0 saturated heterocycles. The lowest BCUT2D eigenvalue weighted by Gasteiger charge is -2.24. The van der Waals surface area contributed by atoms with Crippen molar-refractivity contribution < 1.29 is 5.11 Å². The van der Waals surface area contributed by atoms with Crippen LogP contribution in [-0.2, 0) is 0 Å². The maximum Gasteiger partial charge on any atom is 0.0812 e. The molecule has 2 nitrogen and oxygen atoms in total. The molecule has 0 fully saturated rings. The summed E-state index contributed by atoms with van der Waals surface area (Å²) in [6.45, 7) is 0. The lowest BCUT2D eigenvalue weighted by Crippen LogP contribution is -2.15. The van der Waals surface area contributed by atoms with Gasteiger partial charge in [0.15, 0.2) is 0 Å². The molecule has 0 spiro atoms. The van der Waals surface area contributed by atoms with Crippen molar-refractivity contribution in [3.05, 3.63) is 98.4 Å². The highest BCUT2D eigenvalue weighted by Gasteiger charge is 2.19. The number of aliphatic hydroxyl groups is 1. The van der Waals surface area contributed by atoms with Gasteiger partial charge >= 0.3 is 0 Å². The van der Waals surface area contributed by atoms with Crippen LogP contribution in [0.4, 0.5) is 5.69 Å². The van der Waals surface area contributed by atoms with Gasteiger partial charge in [0.2, 0.25) is 0 Å². The lowest BCUT2D eigenvalue weighted by atomic mass is 9.96. The number of hydrogen-bond acceptors (Lipinski definition) is 2. The van der Waals surface area contributed by atoms with Gasteiger partial charge in [0.05, 0.1) is 22.2 Å². The van der Waals surface area contributed by atoms with Gasteiger partial charge in [-0.3, -0.25) is 0 Å². The normalized spacial score (nSPS) is 13.2. The minimum Gasteiger partial charge on any atom is -0.388 e. The number of anilines is 1. The summed E-state index contributed by atoms with van der Waals surface area (Å²) in [7, 11) is 0. The monoisotopic (exact) mass is 449 g/mol. The van der Waals surface area contributed by atoms with Crippen molar-refractivity contribution in [2.75, 3.05) is 5.32 Å². The second-order valence-corrected chi connectivity index (χ2v) is 7.77. The maximum absolute atomic E-state index is 10.7. The van der Waals surface area contributed by atoms with E-state index in [1.807, 2.05) is 66.7 Å². The van der Waals surface area contributed by atoms with Crippen molar-refractivity contribution in [3.8, 4) is 0 Å². The smallest absolute Gasteiger partial charge is 0.0812 e. The van der Waals surface area contributed by atoms with Crippen LogP contribution >= 0.6 is 39.1 Å². The van der Waals surface area contributed by atoms with Gasteiger partial charge in [-0.15, -0.1) is 0 Å². The number of hydrogen-bond donors (Lipinski definition) is 2. The highest BCUT2D eigenvalue weighted by molar-refractivity contribution is 9.10. The lowest BCUT2D eigenvalue weighted by molar-refractivity contribution is 0.160. The molecule has 5 heteroatoms. The number of benzene rings is 3. The molecule has 0 aliphatic rings. The Morgan fingerprint density at radius 3 is 2.19 bits per heavy atom. The third kappa shape index (κ3) is 5.01. The van der Waals surface area contributed by atoms with Crippen molar-refractivity contribution in [1.29, 1.82) is 0 Å². The van der Waals surface area contributed by atoms with Crippen LogP contribution in [0.5, 0.6) is 0 Å². The Balaban J connectivity index is 1.87. The fourth-order valence-corrected chi connectivity index (χ4v) is 3.36. The standard InChI is InChI=1S/C21H18BrCl2NO/c22-16-7-9-17(10-8-16)25-20(15-6-11-18(23)19(24)12-15)13-21(26)14-4-2-1-3-5-14/h1-12,20-21,25-26H,13H2. The van der Waals surface area contributed by atoms with E-state index in [0.717, 1.165) is 21.3 Å². The van der Waals surface area contributed by atoms with Crippen LogP contribution in [-0.4, -0.2) is 5.11 Å². The predicted molar refractivity (Wildman–Crippen MR) is 113 cm³/mol. The van der Waals surface area contributed by atoms with Crippen molar-refractivity contribution in [2.45, 2.75) is 18.6 Å².